The van der Waals surface area contributed by atoms with E-state index >= 15 is 0 Å². The summed E-state index contributed by atoms with van der Waals surface area (Å²) in [6, 6.07) is 22.7. The Hall–Kier alpha value is -4.19. The molecule has 0 radical (unpaired) electrons. The standard InChI is InChI=1S/C29H27N3O3/c1-20(30-29(33)23-11-8-12-24(19-23)32(34)35)31-18-7-6-15-27(31)28-25-13-4-2-9-21(25)16-17-22-10-3-5-14-26(22)28/h2-5,8-14,16-17,19-20H,6-7,15,18H2,1H3,(H,30,33). The number of amides is 1. The van der Waals surface area contributed by atoms with Crippen LogP contribution in [0.25, 0.3) is 17.7 Å². The summed E-state index contributed by atoms with van der Waals surface area (Å²) in [5.41, 5.74) is 7.33. The van der Waals surface area contributed by atoms with Gasteiger partial charge in [0.25, 0.3) is 11.6 Å². The lowest BCUT2D eigenvalue weighted by atomic mass is 9.88. The topological polar surface area (TPSA) is 75.5 Å². The van der Waals surface area contributed by atoms with Gasteiger partial charge < -0.3 is 10.2 Å². The van der Waals surface area contributed by atoms with Crippen LogP contribution in [0.3, 0.4) is 0 Å². The highest BCUT2D eigenvalue weighted by Crippen LogP contribution is 2.39. The van der Waals surface area contributed by atoms with E-state index in [-0.39, 0.29) is 23.3 Å². The molecule has 6 nitrogen and oxygen atoms in total. The number of allylic oxidation sites excluding steroid dienone is 1. The van der Waals surface area contributed by atoms with E-state index < -0.39 is 4.92 Å². The number of nitro groups is 1. The largest absolute Gasteiger partial charge is 0.354 e. The first-order valence-corrected chi connectivity index (χ1v) is 11.9. The van der Waals surface area contributed by atoms with Crippen LogP contribution in [0.15, 0.2) is 78.5 Å². The zero-order valence-electron chi connectivity index (χ0n) is 19.6. The molecule has 1 aliphatic carbocycles. The average molecular weight is 466 g/mol. The number of benzene rings is 3. The van der Waals surface area contributed by atoms with Gasteiger partial charge in [-0.15, -0.1) is 0 Å². The number of carbonyl (C=O) groups is 1. The van der Waals surface area contributed by atoms with E-state index in [2.05, 4.69) is 70.9 Å². The number of hydrogen-bond acceptors (Lipinski definition) is 4. The molecule has 0 bridgehead atoms. The smallest absolute Gasteiger partial charge is 0.270 e. The number of nitrogens with zero attached hydrogens (tertiary/aromatic N) is 2. The fraction of sp³-hybridized carbons (Fsp3) is 0.207. The van der Waals surface area contributed by atoms with Gasteiger partial charge in [0.15, 0.2) is 0 Å². The predicted octanol–water partition coefficient (Wildman–Crippen LogP) is 6.10. The normalized spacial score (nSPS) is 15.6. The molecule has 1 aliphatic heterocycles. The van der Waals surface area contributed by atoms with E-state index in [0.717, 1.165) is 25.8 Å². The van der Waals surface area contributed by atoms with Crippen molar-refractivity contribution in [3.05, 3.63) is 116 Å². The van der Waals surface area contributed by atoms with Gasteiger partial charge in [-0.25, -0.2) is 0 Å². The van der Waals surface area contributed by atoms with Crippen LogP contribution in [0.1, 0.15) is 58.8 Å². The first kappa shape index (κ1) is 22.6. The van der Waals surface area contributed by atoms with Crippen LogP contribution in [-0.4, -0.2) is 28.4 Å². The number of nitrogens with one attached hydrogen (secondary N) is 1. The third-order valence-corrected chi connectivity index (χ3v) is 6.73. The van der Waals surface area contributed by atoms with E-state index in [9.17, 15) is 14.9 Å². The minimum absolute atomic E-state index is 0.0924. The molecule has 1 fully saturated rings. The second-order valence-electron chi connectivity index (χ2n) is 8.94. The maximum atomic E-state index is 13.0. The van der Waals surface area contributed by atoms with Crippen LogP contribution in [0.5, 0.6) is 0 Å². The van der Waals surface area contributed by atoms with Gasteiger partial charge in [-0.2, -0.15) is 0 Å². The number of likely N-dealkylation sites (tertiary alicyclic amines) is 1. The van der Waals surface area contributed by atoms with E-state index in [1.807, 2.05) is 6.92 Å². The molecule has 0 spiro atoms. The Labute approximate surface area is 204 Å². The second kappa shape index (κ2) is 9.58. The van der Waals surface area contributed by atoms with E-state index in [4.69, 9.17) is 0 Å². The molecule has 3 aromatic carbocycles. The van der Waals surface area contributed by atoms with Gasteiger partial charge in [-0.05, 0) is 54.5 Å². The molecule has 3 aromatic rings. The monoisotopic (exact) mass is 465 g/mol. The number of piperidine rings is 1. The van der Waals surface area contributed by atoms with Gasteiger partial charge in [-0.1, -0.05) is 66.7 Å². The van der Waals surface area contributed by atoms with Crippen molar-refractivity contribution in [3.63, 3.8) is 0 Å². The van der Waals surface area contributed by atoms with E-state index in [0.29, 0.717) is 0 Å². The number of fused-ring (bicyclic) bond motifs is 2. The fourth-order valence-electron chi connectivity index (χ4n) is 5.04. The SMILES string of the molecule is CC(NC(=O)c1cccc([N+](=O)[O-])c1)N1CCCCC1=C1c2ccccc2C=Cc2ccccc21. The molecule has 35 heavy (non-hydrogen) atoms. The minimum Gasteiger partial charge on any atom is -0.354 e. The van der Waals surface area contributed by atoms with Gasteiger partial charge >= 0.3 is 0 Å². The Morgan fingerprint density at radius 2 is 1.60 bits per heavy atom. The summed E-state index contributed by atoms with van der Waals surface area (Å²) < 4.78 is 0. The summed E-state index contributed by atoms with van der Waals surface area (Å²) >= 11 is 0. The third kappa shape index (κ3) is 4.47. The lowest BCUT2D eigenvalue weighted by Crippen LogP contribution is -2.47. The molecule has 1 atom stereocenters. The number of non-ortho nitro benzene ring substituents is 1. The Balaban J connectivity index is 1.54. The van der Waals surface area contributed by atoms with Gasteiger partial charge in [0, 0.05) is 35.5 Å². The van der Waals surface area contributed by atoms with Crippen molar-refractivity contribution in [2.45, 2.75) is 32.4 Å². The average Bonchev–Trinajstić information content (AvgIpc) is 3.05. The molecule has 2 aliphatic rings. The van der Waals surface area contributed by atoms with E-state index in [1.165, 1.54) is 45.7 Å². The van der Waals surface area contributed by atoms with Crippen molar-refractivity contribution >= 4 is 29.3 Å². The molecule has 6 heteroatoms. The van der Waals surface area contributed by atoms with Crippen LogP contribution in [0.2, 0.25) is 0 Å². The summed E-state index contributed by atoms with van der Waals surface area (Å²) in [5.74, 6) is -0.320. The first-order valence-electron chi connectivity index (χ1n) is 11.9. The molecule has 1 saturated heterocycles. The number of hydrogen-bond donors (Lipinski definition) is 1. The Morgan fingerprint density at radius 3 is 2.26 bits per heavy atom. The highest BCUT2D eigenvalue weighted by Gasteiger charge is 2.28. The maximum absolute atomic E-state index is 13.0. The highest BCUT2D eigenvalue weighted by atomic mass is 16.6. The van der Waals surface area contributed by atoms with Crippen molar-refractivity contribution in [1.82, 2.24) is 10.2 Å². The Morgan fingerprint density at radius 1 is 0.943 bits per heavy atom. The Kier molecular flexibility index (Phi) is 6.19. The van der Waals surface area contributed by atoms with Gasteiger partial charge in [0.05, 0.1) is 11.1 Å². The molecule has 1 N–H and O–H groups in total. The molecule has 1 unspecified atom stereocenters. The van der Waals surface area contributed by atoms with Gasteiger partial charge in [-0.3, -0.25) is 14.9 Å². The molecule has 0 aromatic heterocycles. The summed E-state index contributed by atoms with van der Waals surface area (Å²) in [5, 5.41) is 14.2. The van der Waals surface area contributed by atoms with E-state index in [1.54, 1.807) is 12.1 Å². The van der Waals surface area contributed by atoms with Crippen molar-refractivity contribution in [1.29, 1.82) is 0 Å². The molecule has 5 rings (SSSR count). The number of nitro benzene ring substituents is 1. The zero-order chi connectivity index (χ0) is 24.4. The molecular formula is C29H27N3O3. The van der Waals surface area contributed by atoms with Crippen LogP contribution in [-0.2, 0) is 0 Å². The van der Waals surface area contributed by atoms with Crippen LogP contribution >= 0.6 is 0 Å². The molecule has 176 valence electrons. The quantitative estimate of drug-likeness (QED) is 0.292. The van der Waals surface area contributed by atoms with Crippen LogP contribution in [0, 0.1) is 10.1 Å². The predicted molar refractivity (Wildman–Crippen MR) is 138 cm³/mol. The van der Waals surface area contributed by atoms with Crippen LogP contribution in [0.4, 0.5) is 5.69 Å². The van der Waals surface area contributed by atoms with Crippen molar-refractivity contribution < 1.29 is 9.72 Å². The Bertz CT molecular complexity index is 1310. The van der Waals surface area contributed by atoms with Gasteiger partial charge in [0.1, 0.15) is 0 Å². The summed E-state index contributed by atoms with van der Waals surface area (Å²) in [6.45, 7) is 2.81. The fourth-order valence-corrected chi connectivity index (χ4v) is 5.04. The molecule has 0 saturated carbocycles. The van der Waals surface area contributed by atoms with Crippen LogP contribution < -0.4 is 5.32 Å². The third-order valence-electron chi connectivity index (χ3n) is 6.73. The lowest BCUT2D eigenvalue weighted by Gasteiger charge is -2.39. The maximum Gasteiger partial charge on any atom is 0.270 e. The lowest BCUT2D eigenvalue weighted by molar-refractivity contribution is -0.384. The van der Waals surface area contributed by atoms with Crippen molar-refractivity contribution in [2.75, 3.05) is 6.54 Å². The summed E-state index contributed by atoms with van der Waals surface area (Å²) in [4.78, 5) is 26.0. The minimum atomic E-state index is -0.484. The molecular weight excluding hydrogens is 438 g/mol. The van der Waals surface area contributed by atoms with Crippen molar-refractivity contribution in [3.8, 4) is 0 Å². The van der Waals surface area contributed by atoms with Gasteiger partial charge in [0.2, 0.25) is 0 Å². The highest BCUT2D eigenvalue weighted by molar-refractivity contribution is 5.96. The summed E-state index contributed by atoms with van der Waals surface area (Å²) in [7, 11) is 0. The first-order chi connectivity index (χ1) is 17.0. The van der Waals surface area contributed by atoms with Crippen molar-refractivity contribution in [2.24, 2.45) is 0 Å². The molecule has 1 heterocycles. The zero-order valence-corrected chi connectivity index (χ0v) is 19.6. The summed E-state index contributed by atoms with van der Waals surface area (Å²) in [6.07, 6.45) is 7.09. The number of rotatable bonds is 4. The second-order valence-corrected chi connectivity index (χ2v) is 8.94. The number of carbonyl (C=O) groups excluding carboxylic acids is 1. The molecule has 1 amide bonds.